The molecule has 0 aliphatic carbocycles. The van der Waals surface area contributed by atoms with Crippen LogP contribution in [0.2, 0.25) is 0 Å². The number of hydrogen-bond donors (Lipinski definition) is 1. The first-order valence-corrected chi connectivity index (χ1v) is 5.79. The van der Waals surface area contributed by atoms with E-state index < -0.39 is 0 Å². The molecule has 0 radical (unpaired) electrons. The Hall–Kier alpha value is -0.890. The fourth-order valence-corrected chi connectivity index (χ4v) is 1.88. The van der Waals surface area contributed by atoms with Crippen LogP contribution in [-0.4, -0.2) is 11.5 Å². The van der Waals surface area contributed by atoms with Gasteiger partial charge in [-0.1, -0.05) is 20.8 Å². The van der Waals surface area contributed by atoms with E-state index in [2.05, 4.69) is 44.1 Å². The van der Waals surface area contributed by atoms with Crippen molar-refractivity contribution < 1.29 is 0 Å². The Labute approximate surface area is 93.1 Å². The molecule has 2 nitrogen and oxygen atoms in total. The molecule has 0 bridgehead atoms. The van der Waals surface area contributed by atoms with Crippen molar-refractivity contribution >= 4 is 0 Å². The van der Waals surface area contributed by atoms with E-state index in [1.54, 1.807) is 0 Å². The summed E-state index contributed by atoms with van der Waals surface area (Å²) in [6.45, 7) is 9.83. The third-order valence-electron chi connectivity index (χ3n) is 2.61. The second-order valence-corrected chi connectivity index (χ2v) is 4.47. The smallest absolute Gasteiger partial charge is 0.0340 e. The molecule has 0 aliphatic rings. The Morgan fingerprint density at radius 1 is 1.40 bits per heavy atom. The van der Waals surface area contributed by atoms with Gasteiger partial charge in [0.25, 0.3) is 0 Å². The van der Waals surface area contributed by atoms with Gasteiger partial charge < -0.3 is 5.32 Å². The van der Waals surface area contributed by atoms with Crippen LogP contribution in [0.15, 0.2) is 18.5 Å². The number of nitrogens with one attached hydrogen (secondary N) is 1. The maximum absolute atomic E-state index is 4.22. The first kappa shape index (κ1) is 12.2. The topological polar surface area (TPSA) is 24.9 Å². The van der Waals surface area contributed by atoms with Crippen molar-refractivity contribution in [3.05, 3.63) is 29.6 Å². The van der Waals surface area contributed by atoms with E-state index in [9.17, 15) is 0 Å². The fourth-order valence-electron chi connectivity index (χ4n) is 1.88. The van der Waals surface area contributed by atoms with Gasteiger partial charge in [0.05, 0.1) is 0 Å². The highest BCUT2D eigenvalue weighted by Gasteiger charge is 2.13. The molecule has 1 aromatic rings. The molecule has 2 heteroatoms. The summed E-state index contributed by atoms with van der Waals surface area (Å²) in [5.41, 5.74) is 2.67. The van der Waals surface area contributed by atoms with E-state index in [-0.39, 0.29) is 0 Å². The van der Waals surface area contributed by atoms with Crippen molar-refractivity contribution in [2.75, 3.05) is 6.54 Å². The van der Waals surface area contributed by atoms with Gasteiger partial charge in [0.1, 0.15) is 0 Å². The highest BCUT2D eigenvalue weighted by molar-refractivity contribution is 5.25. The van der Waals surface area contributed by atoms with Crippen LogP contribution in [-0.2, 0) is 0 Å². The standard InChI is InChI=1S/C13H22N2/c1-5-15-13(8-10(2)3)12-9-14-7-6-11(12)4/h6-7,9-10,13,15H,5,8H2,1-4H3. The Balaban J connectivity index is 2.83. The van der Waals surface area contributed by atoms with E-state index >= 15 is 0 Å². The zero-order valence-corrected chi connectivity index (χ0v) is 10.2. The summed E-state index contributed by atoms with van der Waals surface area (Å²) in [4.78, 5) is 4.22. The molecular formula is C13H22N2. The number of pyridine rings is 1. The number of aromatic nitrogens is 1. The zero-order chi connectivity index (χ0) is 11.3. The van der Waals surface area contributed by atoms with Crippen molar-refractivity contribution in [1.82, 2.24) is 10.3 Å². The third kappa shape index (κ3) is 3.63. The second kappa shape index (κ2) is 5.86. The summed E-state index contributed by atoms with van der Waals surface area (Å²) in [5, 5.41) is 3.53. The lowest BCUT2D eigenvalue weighted by molar-refractivity contribution is 0.436. The van der Waals surface area contributed by atoms with Crippen LogP contribution in [0, 0.1) is 12.8 Å². The van der Waals surface area contributed by atoms with Gasteiger partial charge in [-0.05, 0) is 43.0 Å². The number of nitrogens with zero attached hydrogens (tertiary/aromatic N) is 1. The average Bonchev–Trinajstić information content (AvgIpc) is 2.17. The van der Waals surface area contributed by atoms with Crippen molar-refractivity contribution in [2.24, 2.45) is 5.92 Å². The lowest BCUT2D eigenvalue weighted by Crippen LogP contribution is -2.23. The Kier molecular flexibility index (Phi) is 4.76. The van der Waals surface area contributed by atoms with Crippen molar-refractivity contribution in [3.63, 3.8) is 0 Å². The summed E-state index contributed by atoms with van der Waals surface area (Å²) in [6.07, 6.45) is 5.02. The lowest BCUT2D eigenvalue weighted by Gasteiger charge is -2.21. The largest absolute Gasteiger partial charge is 0.310 e. The van der Waals surface area contributed by atoms with Crippen LogP contribution in [0.25, 0.3) is 0 Å². The molecule has 0 saturated carbocycles. The molecule has 84 valence electrons. The molecule has 1 unspecified atom stereocenters. The Morgan fingerprint density at radius 3 is 2.67 bits per heavy atom. The molecule has 1 rings (SSSR count). The summed E-state index contributed by atoms with van der Waals surface area (Å²) in [6, 6.07) is 2.53. The van der Waals surface area contributed by atoms with Gasteiger partial charge in [0.15, 0.2) is 0 Å². The molecule has 1 N–H and O–H groups in total. The average molecular weight is 206 g/mol. The van der Waals surface area contributed by atoms with Gasteiger partial charge in [0, 0.05) is 18.4 Å². The van der Waals surface area contributed by atoms with Gasteiger partial charge in [-0.15, -0.1) is 0 Å². The van der Waals surface area contributed by atoms with E-state index in [0.717, 1.165) is 6.54 Å². The van der Waals surface area contributed by atoms with Gasteiger partial charge >= 0.3 is 0 Å². The molecule has 0 aromatic carbocycles. The predicted molar refractivity (Wildman–Crippen MR) is 64.8 cm³/mol. The minimum Gasteiger partial charge on any atom is -0.310 e. The summed E-state index contributed by atoms with van der Waals surface area (Å²) < 4.78 is 0. The highest BCUT2D eigenvalue weighted by atomic mass is 14.9. The minimum absolute atomic E-state index is 0.448. The van der Waals surface area contributed by atoms with E-state index in [1.165, 1.54) is 17.5 Å². The number of rotatable bonds is 5. The number of hydrogen-bond acceptors (Lipinski definition) is 2. The number of aryl methyl sites for hydroxylation is 1. The van der Waals surface area contributed by atoms with E-state index in [4.69, 9.17) is 0 Å². The molecule has 1 atom stereocenters. The molecule has 0 fully saturated rings. The molecule has 15 heavy (non-hydrogen) atoms. The van der Waals surface area contributed by atoms with E-state index in [0.29, 0.717) is 12.0 Å². The predicted octanol–water partition coefficient (Wildman–Crippen LogP) is 3.09. The molecule has 0 amide bonds. The normalized spacial score (nSPS) is 13.1. The first-order chi connectivity index (χ1) is 7.15. The Morgan fingerprint density at radius 2 is 2.13 bits per heavy atom. The van der Waals surface area contributed by atoms with Crippen molar-refractivity contribution in [2.45, 2.75) is 40.2 Å². The molecule has 1 aromatic heterocycles. The fraction of sp³-hybridized carbons (Fsp3) is 0.615. The van der Waals surface area contributed by atoms with Gasteiger partial charge in [0.2, 0.25) is 0 Å². The Bertz CT molecular complexity index is 294. The van der Waals surface area contributed by atoms with Gasteiger partial charge in [-0.2, -0.15) is 0 Å². The second-order valence-electron chi connectivity index (χ2n) is 4.47. The maximum atomic E-state index is 4.22. The van der Waals surface area contributed by atoms with Crippen LogP contribution in [0.4, 0.5) is 0 Å². The third-order valence-corrected chi connectivity index (χ3v) is 2.61. The van der Waals surface area contributed by atoms with Crippen LogP contribution in [0.1, 0.15) is 44.4 Å². The molecule has 0 saturated heterocycles. The van der Waals surface area contributed by atoms with Crippen LogP contribution < -0.4 is 5.32 Å². The molecule has 1 heterocycles. The van der Waals surface area contributed by atoms with Gasteiger partial charge in [-0.3, -0.25) is 4.98 Å². The SMILES string of the molecule is CCNC(CC(C)C)c1cnccc1C. The van der Waals surface area contributed by atoms with Crippen molar-refractivity contribution in [1.29, 1.82) is 0 Å². The first-order valence-electron chi connectivity index (χ1n) is 5.79. The van der Waals surface area contributed by atoms with Crippen molar-refractivity contribution in [3.8, 4) is 0 Å². The summed E-state index contributed by atoms with van der Waals surface area (Å²) in [5.74, 6) is 0.702. The zero-order valence-electron chi connectivity index (χ0n) is 10.2. The lowest BCUT2D eigenvalue weighted by atomic mass is 9.95. The van der Waals surface area contributed by atoms with Crippen LogP contribution in [0.3, 0.4) is 0 Å². The molecule has 0 spiro atoms. The molecular weight excluding hydrogens is 184 g/mol. The van der Waals surface area contributed by atoms with Gasteiger partial charge in [-0.25, -0.2) is 0 Å². The summed E-state index contributed by atoms with van der Waals surface area (Å²) in [7, 11) is 0. The van der Waals surface area contributed by atoms with Crippen LogP contribution >= 0.6 is 0 Å². The quantitative estimate of drug-likeness (QED) is 0.800. The van der Waals surface area contributed by atoms with Crippen LogP contribution in [0.5, 0.6) is 0 Å². The maximum Gasteiger partial charge on any atom is 0.0340 e. The highest BCUT2D eigenvalue weighted by Crippen LogP contribution is 2.22. The minimum atomic E-state index is 0.448. The monoisotopic (exact) mass is 206 g/mol. The van der Waals surface area contributed by atoms with E-state index in [1.807, 2.05) is 12.4 Å². The molecule has 0 aliphatic heterocycles. The summed E-state index contributed by atoms with van der Waals surface area (Å²) >= 11 is 0.